The number of hydrogen-bond donors (Lipinski definition) is 1. The monoisotopic (exact) mass is 345 g/mol. The van der Waals surface area contributed by atoms with Gasteiger partial charge in [0.2, 0.25) is 11.2 Å². The Bertz CT molecular complexity index is 764. The van der Waals surface area contributed by atoms with Crippen molar-refractivity contribution in [2.45, 2.75) is 26.8 Å². The normalized spacial score (nSPS) is 11.9. The van der Waals surface area contributed by atoms with Crippen molar-refractivity contribution < 1.29 is 18.7 Å². The maximum Gasteiger partial charge on any atom is 0.258 e. The van der Waals surface area contributed by atoms with Gasteiger partial charge in [0.15, 0.2) is 6.61 Å². The molecule has 0 saturated carbocycles. The van der Waals surface area contributed by atoms with Crippen LogP contribution < -0.4 is 20.2 Å². The van der Waals surface area contributed by atoms with Crippen molar-refractivity contribution in [3.8, 4) is 11.5 Å². The van der Waals surface area contributed by atoms with E-state index in [-0.39, 0.29) is 35.7 Å². The number of aryl methyl sites for hydroxylation is 1. The van der Waals surface area contributed by atoms with Crippen LogP contribution in [0.2, 0.25) is 0 Å². The Hall–Kier alpha value is -2.76. The summed E-state index contributed by atoms with van der Waals surface area (Å²) in [6, 6.07) is 8.69. The van der Waals surface area contributed by atoms with E-state index in [2.05, 4.69) is 5.32 Å². The molecule has 134 valence electrons. The van der Waals surface area contributed by atoms with Gasteiger partial charge >= 0.3 is 0 Å². The van der Waals surface area contributed by atoms with Crippen LogP contribution in [0.3, 0.4) is 0 Å². The molecule has 6 heteroatoms. The molecule has 0 saturated heterocycles. The molecule has 1 aromatic heterocycles. The van der Waals surface area contributed by atoms with Crippen molar-refractivity contribution in [2.75, 3.05) is 13.7 Å². The molecule has 1 aromatic carbocycles. The number of nitrogens with one attached hydrogen (secondary N) is 1. The summed E-state index contributed by atoms with van der Waals surface area (Å²) in [4.78, 5) is 23.9. The molecular weight excluding hydrogens is 322 g/mol. The van der Waals surface area contributed by atoms with E-state index >= 15 is 0 Å². The molecule has 0 aliphatic carbocycles. The number of amides is 1. The van der Waals surface area contributed by atoms with Gasteiger partial charge in [-0.2, -0.15) is 0 Å². The maximum atomic E-state index is 12.2. The Morgan fingerprint density at radius 1 is 1.24 bits per heavy atom. The zero-order valence-electron chi connectivity index (χ0n) is 14.9. The number of ether oxygens (including phenoxy) is 2. The van der Waals surface area contributed by atoms with E-state index < -0.39 is 0 Å². The van der Waals surface area contributed by atoms with Crippen LogP contribution in [0.5, 0.6) is 11.5 Å². The molecule has 1 N–H and O–H groups in total. The number of benzene rings is 1. The average molecular weight is 345 g/mol. The molecule has 1 atom stereocenters. The second-order valence-electron chi connectivity index (χ2n) is 6.07. The lowest BCUT2D eigenvalue weighted by Gasteiger charge is -2.23. The second-order valence-corrected chi connectivity index (χ2v) is 6.07. The predicted octanol–water partition coefficient (Wildman–Crippen LogP) is 2.85. The molecule has 2 aromatic rings. The van der Waals surface area contributed by atoms with E-state index in [1.165, 1.54) is 12.3 Å². The van der Waals surface area contributed by atoms with Crippen LogP contribution >= 0.6 is 0 Å². The zero-order valence-corrected chi connectivity index (χ0v) is 14.9. The third-order valence-corrected chi connectivity index (χ3v) is 3.75. The first-order valence-corrected chi connectivity index (χ1v) is 8.06. The van der Waals surface area contributed by atoms with E-state index in [4.69, 9.17) is 13.9 Å². The van der Waals surface area contributed by atoms with Crippen LogP contribution in [0, 0.1) is 12.8 Å². The van der Waals surface area contributed by atoms with Crippen molar-refractivity contribution in [1.29, 1.82) is 0 Å². The van der Waals surface area contributed by atoms with Gasteiger partial charge in [0.25, 0.3) is 5.91 Å². The summed E-state index contributed by atoms with van der Waals surface area (Å²) < 4.78 is 15.5. The van der Waals surface area contributed by atoms with Crippen LogP contribution in [0.1, 0.15) is 31.2 Å². The SMILES string of the molecule is COc1ccc([C@@H](NC(=O)COc2coc(C)cc2=O)C(C)C)cc1. The van der Waals surface area contributed by atoms with Gasteiger partial charge in [0.1, 0.15) is 17.8 Å². The molecule has 6 nitrogen and oxygen atoms in total. The largest absolute Gasteiger partial charge is 0.497 e. The highest BCUT2D eigenvalue weighted by Crippen LogP contribution is 2.23. The summed E-state index contributed by atoms with van der Waals surface area (Å²) in [6.07, 6.45) is 1.22. The summed E-state index contributed by atoms with van der Waals surface area (Å²) >= 11 is 0. The minimum Gasteiger partial charge on any atom is -0.497 e. The van der Waals surface area contributed by atoms with Gasteiger partial charge in [0.05, 0.1) is 13.2 Å². The van der Waals surface area contributed by atoms with Crippen molar-refractivity contribution in [3.63, 3.8) is 0 Å². The lowest BCUT2D eigenvalue weighted by Crippen LogP contribution is -2.35. The number of rotatable bonds is 7. The second kappa shape index (κ2) is 8.37. The summed E-state index contributed by atoms with van der Waals surface area (Å²) in [5, 5.41) is 2.93. The van der Waals surface area contributed by atoms with Gasteiger partial charge in [-0.25, -0.2) is 0 Å². The molecule has 25 heavy (non-hydrogen) atoms. The molecular formula is C19H23NO5. The van der Waals surface area contributed by atoms with Crippen molar-refractivity contribution >= 4 is 5.91 Å². The standard InChI is InChI=1S/C19H23NO5/c1-12(2)19(14-5-7-15(23-4)8-6-14)20-18(22)11-25-17-10-24-13(3)9-16(17)21/h5-10,12,19H,11H2,1-4H3,(H,20,22)/t19-/m0/s1. The zero-order chi connectivity index (χ0) is 18.4. The Kier molecular flexibility index (Phi) is 6.22. The molecule has 0 spiro atoms. The average Bonchev–Trinajstić information content (AvgIpc) is 2.59. The number of methoxy groups -OCH3 is 1. The summed E-state index contributed by atoms with van der Waals surface area (Å²) in [7, 11) is 1.61. The topological polar surface area (TPSA) is 77.8 Å². The van der Waals surface area contributed by atoms with Gasteiger partial charge in [0, 0.05) is 6.07 Å². The van der Waals surface area contributed by atoms with E-state index in [1.807, 2.05) is 38.1 Å². The minimum absolute atomic E-state index is 0.0197. The molecule has 0 fully saturated rings. The minimum atomic E-state index is -0.313. The summed E-state index contributed by atoms with van der Waals surface area (Å²) in [6.45, 7) is 5.45. The summed E-state index contributed by atoms with van der Waals surface area (Å²) in [5.74, 6) is 1.13. The highest BCUT2D eigenvalue weighted by Gasteiger charge is 2.19. The molecule has 1 heterocycles. The number of hydrogen-bond acceptors (Lipinski definition) is 5. The number of carbonyl (C=O) groups excluding carboxylic acids is 1. The third-order valence-electron chi connectivity index (χ3n) is 3.75. The van der Waals surface area contributed by atoms with Crippen molar-refractivity contribution in [3.05, 3.63) is 58.1 Å². The fourth-order valence-corrected chi connectivity index (χ4v) is 2.40. The van der Waals surface area contributed by atoms with Gasteiger partial charge in [-0.15, -0.1) is 0 Å². The van der Waals surface area contributed by atoms with E-state index in [9.17, 15) is 9.59 Å². The fraction of sp³-hybridized carbons (Fsp3) is 0.368. The van der Waals surface area contributed by atoms with Crippen molar-refractivity contribution in [1.82, 2.24) is 5.32 Å². The van der Waals surface area contributed by atoms with E-state index in [1.54, 1.807) is 14.0 Å². The highest BCUT2D eigenvalue weighted by molar-refractivity contribution is 5.78. The van der Waals surface area contributed by atoms with Gasteiger partial charge in [-0.1, -0.05) is 26.0 Å². The highest BCUT2D eigenvalue weighted by atomic mass is 16.5. The Balaban J connectivity index is 2.01. The third kappa shape index (κ3) is 5.11. The van der Waals surface area contributed by atoms with Crippen molar-refractivity contribution in [2.24, 2.45) is 5.92 Å². The molecule has 0 unspecified atom stereocenters. The van der Waals surface area contributed by atoms with Gasteiger partial charge < -0.3 is 19.2 Å². The smallest absolute Gasteiger partial charge is 0.258 e. The van der Waals surface area contributed by atoms with Crippen LogP contribution in [0.25, 0.3) is 0 Å². The van der Waals surface area contributed by atoms with Crippen LogP contribution in [0.15, 0.2) is 45.8 Å². The fourth-order valence-electron chi connectivity index (χ4n) is 2.40. The Morgan fingerprint density at radius 2 is 1.92 bits per heavy atom. The first-order chi connectivity index (χ1) is 11.9. The lowest BCUT2D eigenvalue weighted by molar-refractivity contribution is -0.124. The molecule has 0 radical (unpaired) electrons. The Labute approximate surface area is 146 Å². The van der Waals surface area contributed by atoms with Gasteiger partial charge in [-0.3, -0.25) is 9.59 Å². The number of carbonyl (C=O) groups is 1. The quantitative estimate of drug-likeness (QED) is 0.835. The first-order valence-electron chi connectivity index (χ1n) is 8.06. The van der Waals surface area contributed by atoms with Crippen LogP contribution in [-0.2, 0) is 4.79 Å². The predicted molar refractivity (Wildman–Crippen MR) is 93.9 cm³/mol. The molecule has 1 amide bonds. The van der Waals surface area contributed by atoms with E-state index in [0.717, 1.165) is 11.3 Å². The molecule has 0 bridgehead atoms. The first kappa shape index (κ1) is 18.6. The Morgan fingerprint density at radius 3 is 2.48 bits per heavy atom. The van der Waals surface area contributed by atoms with Crippen LogP contribution in [0.4, 0.5) is 0 Å². The van der Waals surface area contributed by atoms with Gasteiger partial charge in [-0.05, 0) is 30.5 Å². The maximum absolute atomic E-state index is 12.2. The van der Waals surface area contributed by atoms with Crippen LogP contribution in [-0.4, -0.2) is 19.6 Å². The van der Waals surface area contributed by atoms with E-state index in [0.29, 0.717) is 5.76 Å². The molecule has 0 aliphatic heterocycles. The molecule has 0 aliphatic rings. The molecule has 2 rings (SSSR count). The summed E-state index contributed by atoms with van der Waals surface area (Å²) in [5.41, 5.74) is 0.658. The lowest BCUT2D eigenvalue weighted by atomic mass is 9.96.